The minimum Gasteiger partial charge on any atom is -0.351 e. The molecule has 0 saturated carbocycles. The highest BCUT2D eigenvalue weighted by Gasteiger charge is 1.88. The predicted molar refractivity (Wildman–Crippen MR) is 42.5 cm³/mol. The summed E-state index contributed by atoms with van der Waals surface area (Å²) in [5, 5.41) is 0. The zero-order chi connectivity index (χ0) is 9.23. The number of nitrogens with two attached hydrogens (primary N) is 1. The summed E-state index contributed by atoms with van der Waals surface area (Å²) in [6.07, 6.45) is 1.30. The maximum Gasteiger partial charge on any atom is 0.326 e. The van der Waals surface area contributed by atoms with Crippen molar-refractivity contribution in [3.63, 3.8) is 0 Å². The molecule has 0 aliphatic heterocycles. The summed E-state index contributed by atoms with van der Waals surface area (Å²) in [5.74, 6) is 0. The van der Waals surface area contributed by atoms with E-state index in [2.05, 4.69) is 21.7 Å². The van der Waals surface area contributed by atoms with Crippen molar-refractivity contribution in [1.82, 2.24) is 21.7 Å². The Hall–Kier alpha value is -1.34. The molecule has 0 fully saturated rings. The number of carbonyl (C=O) groups excluding carboxylic acids is 2. The van der Waals surface area contributed by atoms with Crippen LogP contribution in [0.1, 0.15) is 6.42 Å². The van der Waals surface area contributed by atoms with Gasteiger partial charge in [0, 0.05) is 13.1 Å². The molecule has 0 unspecified atom stereocenters. The molecule has 0 aliphatic rings. The number of hydrazine groups is 2. The Balaban J connectivity index is 2.90. The van der Waals surface area contributed by atoms with Crippen molar-refractivity contribution in [1.29, 1.82) is 0 Å². The van der Waals surface area contributed by atoms with E-state index in [0.29, 0.717) is 19.5 Å². The van der Waals surface area contributed by atoms with Gasteiger partial charge in [0.25, 0.3) is 0 Å². The van der Waals surface area contributed by atoms with Gasteiger partial charge in [0.05, 0.1) is 0 Å². The van der Waals surface area contributed by atoms with E-state index in [1.807, 2.05) is 0 Å². The van der Waals surface area contributed by atoms with Crippen molar-refractivity contribution in [2.24, 2.45) is 5.73 Å². The molecule has 0 aromatic heterocycles. The second kappa shape index (κ2) is 7.76. The van der Waals surface area contributed by atoms with Gasteiger partial charge in [-0.2, -0.15) is 0 Å². The molecule has 3 amide bonds. The number of urea groups is 1. The predicted octanol–water partition coefficient (Wildman–Crippen LogP) is -2.20. The minimum absolute atomic E-state index is 0.551. The van der Waals surface area contributed by atoms with Crippen LogP contribution in [0.15, 0.2) is 0 Å². The molecule has 70 valence electrons. The van der Waals surface area contributed by atoms with Crippen LogP contribution in [-0.4, -0.2) is 25.5 Å². The number of nitrogens with one attached hydrogen (secondary N) is 4. The highest BCUT2D eigenvalue weighted by atomic mass is 16.2. The summed E-state index contributed by atoms with van der Waals surface area (Å²) in [7, 11) is 0. The lowest BCUT2D eigenvalue weighted by Crippen LogP contribution is -2.42. The quantitative estimate of drug-likeness (QED) is 0.172. The number of rotatable bonds is 7. The van der Waals surface area contributed by atoms with Crippen LogP contribution in [0.4, 0.5) is 4.79 Å². The number of hydrogen-bond acceptors (Lipinski definition) is 4. The smallest absolute Gasteiger partial charge is 0.326 e. The maximum absolute atomic E-state index is 10.1. The lowest BCUT2D eigenvalue weighted by atomic mass is 10.4. The highest BCUT2D eigenvalue weighted by molar-refractivity contribution is 5.70. The lowest BCUT2D eigenvalue weighted by molar-refractivity contribution is -0.110. The van der Waals surface area contributed by atoms with E-state index in [1.165, 1.54) is 0 Å². The zero-order valence-electron chi connectivity index (χ0n) is 6.59. The standard InChI is InChI=1S/C5H13N5O2/c6-5(12)10-8-3-1-2-7-9-4-11/h4,7-8H,1-3H2,(H,9,11)(H3,6,10,12). The van der Waals surface area contributed by atoms with Crippen molar-refractivity contribution in [3.8, 4) is 0 Å². The van der Waals surface area contributed by atoms with Crippen molar-refractivity contribution in [3.05, 3.63) is 0 Å². The molecular weight excluding hydrogens is 162 g/mol. The van der Waals surface area contributed by atoms with Crippen molar-refractivity contribution >= 4 is 12.4 Å². The number of carbonyl (C=O) groups is 2. The molecule has 0 atom stereocenters. The van der Waals surface area contributed by atoms with Crippen LogP contribution in [0.5, 0.6) is 0 Å². The summed E-state index contributed by atoms with van der Waals surface area (Å²) in [5.41, 5.74) is 14.5. The molecule has 0 rings (SSSR count). The van der Waals surface area contributed by atoms with Gasteiger partial charge in [-0.05, 0) is 6.42 Å². The average molecular weight is 175 g/mol. The lowest BCUT2D eigenvalue weighted by Gasteiger charge is -2.04. The Labute approximate surface area is 70.0 Å². The zero-order valence-corrected chi connectivity index (χ0v) is 6.59. The molecule has 0 heterocycles. The fraction of sp³-hybridized carbons (Fsp3) is 0.600. The summed E-state index contributed by atoms with van der Waals surface area (Å²) in [4.78, 5) is 19.8. The van der Waals surface area contributed by atoms with E-state index in [9.17, 15) is 9.59 Å². The van der Waals surface area contributed by atoms with Gasteiger partial charge < -0.3 is 5.73 Å². The van der Waals surface area contributed by atoms with Gasteiger partial charge in [-0.15, -0.1) is 0 Å². The van der Waals surface area contributed by atoms with Gasteiger partial charge in [-0.25, -0.2) is 15.6 Å². The van der Waals surface area contributed by atoms with Gasteiger partial charge in [0.15, 0.2) is 0 Å². The van der Waals surface area contributed by atoms with E-state index in [1.54, 1.807) is 0 Å². The second-order valence-electron chi connectivity index (χ2n) is 1.96. The Bertz CT molecular complexity index is 140. The Morgan fingerprint density at radius 1 is 1.33 bits per heavy atom. The van der Waals surface area contributed by atoms with Crippen molar-refractivity contribution in [2.45, 2.75) is 6.42 Å². The summed E-state index contributed by atoms with van der Waals surface area (Å²) in [6, 6.07) is -0.617. The van der Waals surface area contributed by atoms with E-state index in [0.717, 1.165) is 6.42 Å². The monoisotopic (exact) mass is 175 g/mol. The maximum atomic E-state index is 10.1. The van der Waals surface area contributed by atoms with Crippen LogP contribution in [0, 0.1) is 0 Å². The molecule has 6 N–H and O–H groups in total. The third-order valence-electron chi connectivity index (χ3n) is 0.976. The van der Waals surface area contributed by atoms with Crippen molar-refractivity contribution in [2.75, 3.05) is 13.1 Å². The molecule has 7 nitrogen and oxygen atoms in total. The van der Waals surface area contributed by atoms with Crippen LogP contribution in [0.2, 0.25) is 0 Å². The van der Waals surface area contributed by atoms with Gasteiger partial charge in [-0.3, -0.25) is 15.6 Å². The van der Waals surface area contributed by atoms with Gasteiger partial charge >= 0.3 is 6.03 Å². The third kappa shape index (κ3) is 8.66. The second-order valence-corrected chi connectivity index (χ2v) is 1.96. The minimum atomic E-state index is -0.617. The Morgan fingerprint density at radius 2 is 2.00 bits per heavy atom. The molecule has 0 aromatic carbocycles. The first-order valence-corrected chi connectivity index (χ1v) is 3.47. The molecule has 0 spiro atoms. The van der Waals surface area contributed by atoms with Gasteiger partial charge in [-0.1, -0.05) is 0 Å². The Kier molecular flexibility index (Phi) is 6.90. The first-order valence-electron chi connectivity index (χ1n) is 3.47. The van der Waals surface area contributed by atoms with Crippen LogP contribution in [-0.2, 0) is 4.79 Å². The topological polar surface area (TPSA) is 108 Å². The SMILES string of the molecule is NC(=O)NNCCCNNC=O. The normalized spacial score (nSPS) is 9.00. The van der Waals surface area contributed by atoms with E-state index in [-0.39, 0.29) is 0 Å². The van der Waals surface area contributed by atoms with Crippen LogP contribution in [0.25, 0.3) is 0 Å². The molecule has 0 bridgehead atoms. The van der Waals surface area contributed by atoms with Crippen LogP contribution >= 0.6 is 0 Å². The third-order valence-corrected chi connectivity index (χ3v) is 0.976. The molecule has 0 radical (unpaired) electrons. The summed E-state index contributed by atoms with van der Waals surface area (Å²) < 4.78 is 0. The van der Waals surface area contributed by atoms with E-state index >= 15 is 0 Å². The summed E-state index contributed by atoms with van der Waals surface area (Å²) in [6.45, 7) is 1.20. The molecule has 7 heteroatoms. The molecule has 0 aromatic rings. The first kappa shape index (κ1) is 10.7. The molecule has 12 heavy (non-hydrogen) atoms. The largest absolute Gasteiger partial charge is 0.351 e. The number of hydrogen-bond donors (Lipinski definition) is 5. The van der Waals surface area contributed by atoms with E-state index in [4.69, 9.17) is 5.73 Å². The highest BCUT2D eigenvalue weighted by Crippen LogP contribution is 1.68. The molecule has 0 saturated heterocycles. The van der Waals surface area contributed by atoms with Gasteiger partial charge in [0.1, 0.15) is 0 Å². The Morgan fingerprint density at radius 3 is 2.58 bits per heavy atom. The fourth-order valence-electron chi connectivity index (χ4n) is 0.529. The number of amides is 3. The fourth-order valence-corrected chi connectivity index (χ4v) is 0.529. The number of primary amides is 1. The summed E-state index contributed by atoms with van der Waals surface area (Å²) >= 11 is 0. The first-order chi connectivity index (χ1) is 5.77. The van der Waals surface area contributed by atoms with Crippen LogP contribution in [0.3, 0.4) is 0 Å². The van der Waals surface area contributed by atoms with Crippen LogP contribution < -0.4 is 27.4 Å². The molecular formula is C5H13N5O2. The van der Waals surface area contributed by atoms with Gasteiger partial charge in [0.2, 0.25) is 6.41 Å². The van der Waals surface area contributed by atoms with Crippen molar-refractivity contribution < 1.29 is 9.59 Å². The average Bonchev–Trinajstić information content (AvgIpc) is 2.02. The van der Waals surface area contributed by atoms with E-state index < -0.39 is 6.03 Å². The molecule has 0 aliphatic carbocycles.